The minimum absolute atomic E-state index is 0.267. The Kier molecular flexibility index (Phi) is 4.99. The highest BCUT2D eigenvalue weighted by Crippen LogP contribution is 2.42. The van der Waals surface area contributed by atoms with Crippen LogP contribution in [0.3, 0.4) is 0 Å². The van der Waals surface area contributed by atoms with Gasteiger partial charge in [-0.05, 0) is 42.0 Å². The van der Waals surface area contributed by atoms with Gasteiger partial charge in [0.15, 0.2) is 11.5 Å². The third-order valence-corrected chi connectivity index (χ3v) is 5.33. The maximum absolute atomic E-state index is 9.52. The van der Waals surface area contributed by atoms with Gasteiger partial charge in [-0.1, -0.05) is 19.0 Å². The van der Waals surface area contributed by atoms with Crippen molar-refractivity contribution in [3.05, 3.63) is 23.3 Å². The van der Waals surface area contributed by atoms with Crippen LogP contribution in [0.25, 0.3) is 0 Å². The summed E-state index contributed by atoms with van der Waals surface area (Å²) in [5.74, 6) is 2.51. The van der Waals surface area contributed by atoms with E-state index in [-0.39, 0.29) is 6.04 Å². The molecular formula is C19H28N2O3. The quantitative estimate of drug-likeness (QED) is 0.677. The van der Waals surface area contributed by atoms with Crippen molar-refractivity contribution in [2.75, 3.05) is 27.3 Å². The second-order valence-corrected chi connectivity index (χ2v) is 7.29. The van der Waals surface area contributed by atoms with E-state index in [1.807, 2.05) is 0 Å². The Morgan fingerprint density at radius 1 is 1.25 bits per heavy atom. The van der Waals surface area contributed by atoms with Crippen LogP contribution in [0.5, 0.6) is 11.5 Å². The minimum Gasteiger partial charge on any atom is -0.493 e. The van der Waals surface area contributed by atoms with Crippen molar-refractivity contribution >= 4 is 5.71 Å². The standard InChI is InChI=1S/C19H28N2O3/c1-12(2)7-14-11-21-6-5-13-8-18(23-3)19(24-4)9-15(13)17(21)10-16(14)20-22/h8-9,12,14,17,22H,5-7,10-11H2,1-4H3/b20-16-/t14-,17+/m0/s1. The molecule has 0 spiro atoms. The van der Waals surface area contributed by atoms with Gasteiger partial charge in [0, 0.05) is 31.5 Å². The largest absolute Gasteiger partial charge is 0.493 e. The summed E-state index contributed by atoms with van der Waals surface area (Å²) in [5.41, 5.74) is 3.53. The molecule has 2 aliphatic heterocycles. The van der Waals surface area contributed by atoms with Crippen molar-refractivity contribution in [2.24, 2.45) is 17.0 Å². The topological polar surface area (TPSA) is 54.3 Å². The van der Waals surface area contributed by atoms with E-state index in [0.717, 1.165) is 49.6 Å². The highest BCUT2D eigenvalue weighted by atomic mass is 16.5. The molecule has 1 N–H and O–H groups in total. The maximum Gasteiger partial charge on any atom is 0.161 e. The zero-order valence-corrected chi connectivity index (χ0v) is 15.1. The lowest BCUT2D eigenvalue weighted by Crippen LogP contribution is -2.46. The lowest BCUT2D eigenvalue weighted by molar-refractivity contribution is 0.143. The first-order chi connectivity index (χ1) is 11.6. The van der Waals surface area contributed by atoms with Gasteiger partial charge in [-0.2, -0.15) is 0 Å². The lowest BCUT2D eigenvalue weighted by Gasteiger charge is -2.44. The van der Waals surface area contributed by atoms with Crippen molar-refractivity contribution in [1.29, 1.82) is 0 Å². The number of rotatable bonds is 4. The van der Waals surface area contributed by atoms with Crippen molar-refractivity contribution in [3.63, 3.8) is 0 Å². The lowest BCUT2D eigenvalue weighted by atomic mass is 9.79. The predicted octanol–water partition coefficient (Wildman–Crippen LogP) is 3.50. The Balaban J connectivity index is 1.92. The van der Waals surface area contributed by atoms with Gasteiger partial charge >= 0.3 is 0 Å². The molecule has 5 heteroatoms. The summed E-state index contributed by atoms with van der Waals surface area (Å²) in [4.78, 5) is 2.54. The molecule has 1 fully saturated rings. The Morgan fingerprint density at radius 2 is 1.96 bits per heavy atom. The third kappa shape index (κ3) is 3.09. The predicted molar refractivity (Wildman–Crippen MR) is 94.3 cm³/mol. The van der Waals surface area contributed by atoms with Crippen LogP contribution in [0.2, 0.25) is 0 Å². The fraction of sp³-hybridized carbons (Fsp3) is 0.632. The molecule has 2 heterocycles. The average molecular weight is 332 g/mol. The van der Waals surface area contributed by atoms with E-state index < -0.39 is 0 Å². The van der Waals surface area contributed by atoms with E-state index >= 15 is 0 Å². The molecule has 2 atom stereocenters. The van der Waals surface area contributed by atoms with Crippen LogP contribution in [0.15, 0.2) is 17.3 Å². The molecule has 1 aromatic rings. The molecule has 0 saturated carbocycles. The summed E-state index contributed by atoms with van der Waals surface area (Å²) in [7, 11) is 3.35. The molecule has 1 saturated heterocycles. The van der Waals surface area contributed by atoms with E-state index in [9.17, 15) is 5.21 Å². The minimum atomic E-state index is 0.267. The van der Waals surface area contributed by atoms with E-state index in [1.165, 1.54) is 11.1 Å². The molecular weight excluding hydrogens is 304 g/mol. The fourth-order valence-corrected chi connectivity index (χ4v) is 4.19. The number of benzene rings is 1. The van der Waals surface area contributed by atoms with Gasteiger partial charge in [-0.3, -0.25) is 4.90 Å². The first kappa shape index (κ1) is 17.1. The smallest absolute Gasteiger partial charge is 0.161 e. The van der Waals surface area contributed by atoms with E-state index in [0.29, 0.717) is 11.8 Å². The Morgan fingerprint density at radius 3 is 2.58 bits per heavy atom. The van der Waals surface area contributed by atoms with Crippen LogP contribution in [0.4, 0.5) is 0 Å². The van der Waals surface area contributed by atoms with Crippen LogP contribution in [-0.2, 0) is 6.42 Å². The van der Waals surface area contributed by atoms with Gasteiger partial charge in [0.1, 0.15) is 0 Å². The zero-order valence-electron chi connectivity index (χ0n) is 15.1. The summed E-state index contributed by atoms with van der Waals surface area (Å²) in [6.45, 7) is 6.46. The molecule has 132 valence electrons. The van der Waals surface area contributed by atoms with Gasteiger partial charge in [0.2, 0.25) is 0 Å². The van der Waals surface area contributed by atoms with E-state index in [1.54, 1.807) is 14.2 Å². The summed E-state index contributed by atoms with van der Waals surface area (Å²) in [5, 5.41) is 13.2. The molecule has 24 heavy (non-hydrogen) atoms. The van der Waals surface area contributed by atoms with E-state index in [2.05, 4.69) is 36.0 Å². The summed E-state index contributed by atoms with van der Waals surface area (Å²) < 4.78 is 10.9. The molecule has 0 unspecified atom stereocenters. The highest BCUT2D eigenvalue weighted by Gasteiger charge is 2.37. The molecule has 3 rings (SSSR count). The Hall–Kier alpha value is -1.75. The molecule has 2 aliphatic rings. The zero-order chi connectivity index (χ0) is 17.3. The van der Waals surface area contributed by atoms with Crippen LogP contribution in [-0.4, -0.2) is 43.1 Å². The molecule has 0 bridgehead atoms. The average Bonchev–Trinajstić information content (AvgIpc) is 2.59. The van der Waals surface area contributed by atoms with Crippen LogP contribution in [0, 0.1) is 11.8 Å². The molecule has 0 amide bonds. The van der Waals surface area contributed by atoms with Crippen LogP contribution < -0.4 is 9.47 Å². The highest BCUT2D eigenvalue weighted by molar-refractivity contribution is 5.88. The molecule has 1 aromatic carbocycles. The Labute approximate surface area is 144 Å². The number of piperidine rings is 1. The number of hydrogen-bond donors (Lipinski definition) is 1. The van der Waals surface area contributed by atoms with Gasteiger partial charge in [0.25, 0.3) is 0 Å². The molecule has 0 aliphatic carbocycles. The monoisotopic (exact) mass is 332 g/mol. The van der Waals surface area contributed by atoms with Crippen molar-refractivity contribution in [2.45, 2.75) is 39.2 Å². The van der Waals surface area contributed by atoms with Crippen molar-refractivity contribution < 1.29 is 14.7 Å². The summed E-state index contributed by atoms with van der Waals surface area (Å²) in [6, 6.07) is 4.47. The number of nitrogens with zero attached hydrogens (tertiary/aromatic N) is 2. The van der Waals surface area contributed by atoms with Crippen LogP contribution >= 0.6 is 0 Å². The summed E-state index contributed by atoms with van der Waals surface area (Å²) >= 11 is 0. The number of ether oxygens (including phenoxy) is 2. The van der Waals surface area contributed by atoms with Crippen molar-refractivity contribution in [3.8, 4) is 11.5 Å². The second kappa shape index (κ2) is 7.01. The SMILES string of the molecule is COc1cc2c(cc1OC)[C@H]1C/C(=N/O)[C@@H](CC(C)C)CN1CC2. The normalized spacial score (nSPS) is 25.5. The second-order valence-electron chi connectivity index (χ2n) is 7.29. The van der Waals surface area contributed by atoms with Crippen LogP contribution in [0.1, 0.15) is 43.9 Å². The van der Waals surface area contributed by atoms with Crippen molar-refractivity contribution in [1.82, 2.24) is 4.90 Å². The molecule has 5 nitrogen and oxygen atoms in total. The number of methoxy groups -OCH3 is 2. The van der Waals surface area contributed by atoms with Gasteiger partial charge in [-0.25, -0.2) is 0 Å². The molecule has 0 aromatic heterocycles. The Bertz CT molecular complexity index is 627. The fourth-order valence-electron chi connectivity index (χ4n) is 4.19. The van der Waals surface area contributed by atoms with E-state index in [4.69, 9.17) is 9.47 Å². The van der Waals surface area contributed by atoms with Gasteiger partial charge in [-0.15, -0.1) is 0 Å². The van der Waals surface area contributed by atoms with Gasteiger partial charge in [0.05, 0.1) is 19.9 Å². The first-order valence-corrected chi connectivity index (χ1v) is 8.77. The third-order valence-electron chi connectivity index (χ3n) is 5.33. The molecule has 0 radical (unpaired) electrons. The maximum atomic E-state index is 9.52. The number of oxime groups is 1. The first-order valence-electron chi connectivity index (χ1n) is 8.77. The van der Waals surface area contributed by atoms with Gasteiger partial charge < -0.3 is 14.7 Å². The number of hydrogen-bond acceptors (Lipinski definition) is 5. The number of fused-ring (bicyclic) bond motifs is 3. The summed E-state index contributed by atoms with van der Waals surface area (Å²) in [6.07, 6.45) is 2.88.